The minimum Gasteiger partial charge on any atom is -0.493 e. The first-order valence-electron chi connectivity index (χ1n) is 6.63. The number of nitrogen functional groups attached to an aromatic ring is 1. The van der Waals surface area contributed by atoms with Crippen LogP contribution in [0, 0.1) is 0 Å². The van der Waals surface area contributed by atoms with Crippen molar-refractivity contribution in [2.45, 2.75) is 0 Å². The maximum absolute atomic E-state index is 5.67. The van der Waals surface area contributed by atoms with E-state index in [0.717, 1.165) is 11.1 Å². The molecule has 1 heterocycles. The summed E-state index contributed by atoms with van der Waals surface area (Å²) in [5.41, 5.74) is 7.95. The van der Waals surface area contributed by atoms with E-state index >= 15 is 0 Å². The third-order valence-corrected chi connectivity index (χ3v) is 3.23. The molecule has 0 aliphatic carbocycles. The van der Waals surface area contributed by atoms with Crippen molar-refractivity contribution in [2.24, 2.45) is 0 Å². The van der Waals surface area contributed by atoms with Crippen LogP contribution in [0.3, 0.4) is 0 Å². The summed E-state index contributed by atoms with van der Waals surface area (Å²) in [5.74, 6) is 2.16. The Bertz CT molecular complexity index is 782. The molecule has 6 nitrogen and oxygen atoms in total. The number of nitrogens with two attached hydrogens (primary N) is 1. The summed E-state index contributed by atoms with van der Waals surface area (Å²) in [6.07, 6.45) is 0. The number of benzene rings is 2. The van der Waals surface area contributed by atoms with Gasteiger partial charge >= 0.3 is 0 Å². The molecular formula is C16H15N3O3. The molecule has 0 saturated heterocycles. The Hall–Kier alpha value is -3.02. The zero-order valence-electron chi connectivity index (χ0n) is 12.2. The summed E-state index contributed by atoms with van der Waals surface area (Å²) in [6.45, 7) is 0. The van der Waals surface area contributed by atoms with Crippen LogP contribution in [-0.4, -0.2) is 24.4 Å². The van der Waals surface area contributed by atoms with Gasteiger partial charge in [-0.2, -0.15) is 4.98 Å². The lowest BCUT2D eigenvalue weighted by Gasteiger charge is -2.07. The molecule has 0 saturated carbocycles. The van der Waals surface area contributed by atoms with Crippen molar-refractivity contribution in [3.63, 3.8) is 0 Å². The number of hydrogen-bond acceptors (Lipinski definition) is 6. The molecule has 0 aliphatic rings. The zero-order valence-corrected chi connectivity index (χ0v) is 12.2. The van der Waals surface area contributed by atoms with Gasteiger partial charge in [0.25, 0.3) is 5.89 Å². The highest BCUT2D eigenvalue weighted by atomic mass is 16.5. The number of rotatable bonds is 4. The summed E-state index contributed by atoms with van der Waals surface area (Å²) in [6, 6.07) is 12.7. The molecule has 1 aromatic heterocycles. The highest BCUT2D eigenvalue weighted by Crippen LogP contribution is 2.32. The van der Waals surface area contributed by atoms with E-state index in [1.54, 1.807) is 38.5 Å². The van der Waals surface area contributed by atoms with E-state index in [0.29, 0.717) is 28.9 Å². The second-order valence-electron chi connectivity index (χ2n) is 4.61. The Balaban J connectivity index is 1.95. The van der Waals surface area contributed by atoms with Crippen molar-refractivity contribution in [3.05, 3.63) is 42.5 Å². The van der Waals surface area contributed by atoms with E-state index in [4.69, 9.17) is 19.7 Å². The van der Waals surface area contributed by atoms with E-state index < -0.39 is 0 Å². The summed E-state index contributed by atoms with van der Waals surface area (Å²) in [7, 11) is 3.17. The van der Waals surface area contributed by atoms with Crippen molar-refractivity contribution in [1.29, 1.82) is 0 Å². The number of hydrogen-bond donors (Lipinski definition) is 1. The van der Waals surface area contributed by atoms with Crippen LogP contribution in [0.5, 0.6) is 11.5 Å². The zero-order chi connectivity index (χ0) is 15.5. The van der Waals surface area contributed by atoms with Crippen molar-refractivity contribution < 1.29 is 14.0 Å². The summed E-state index contributed by atoms with van der Waals surface area (Å²) >= 11 is 0. The van der Waals surface area contributed by atoms with Gasteiger partial charge in [0.1, 0.15) is 0 Å². The maximum atomic E-state index is 5.67. The minimum absolute atomic E-state index is 0.410. The quantitative estimate of drug-likeness (QED) is 0.745. The molecule has 0 radical (unpaired) electrons. The molecule has 3 rings (SSSR count). The molecule has 0 fully saturated rings. The highest BCUT2D eigenvalue weighted by molar-refractivity contribution is 5.64. The largest absolute Gasteiger partial charge is 0.493 e. The molecule has 2 aromatic carbocycles. The monoisotopic (exact) mass is 297 g/mol. The number of nitrogens with zero attached hydrogens (tertiary/aromatic N) is 2. The van der Waals surface area contributed by atoms with Crippen LogP contribution in [0.4, 0.5) is 5.69 Å². The van der Waals surface area contributed by atoms with Crippen LogP contribution < -0.4 is 15.2 Å². The predicted molar refractivity (Wildman–Crippen MR) is 82.7 cm³/mol. The van der Waals surface area contributed by atoms with Crippen LogP contribution in [0.25, 0.3) is 22.8 Å². The molecule has 6 heteroatoms. The van der Waals surface area contributed by atoms with Gasteiger partial charge in [-0.25, -0.2) is 0 Å². The van der Waals surface area contributed by atoms with Crippen molar-refractivity contribution in [1.82, 2.24) is 10.1 Å². The van der Waals surface area contributed by atoms with Gasteiger partial charge < -0.3 is 19.7 Å². The normalized spacial score (nSPS) is 10.5. The third kappa shape index (κ3) is 2.58. The average Bonchev–Trinajstić information content (AvgIpc) is 3.05. The molecule has 2 N–H and O–H groups in total. The molecule has 0 atom stereocenters. The van der Waals surface area contributed by atoms with Crippen LogP contribution in [-0.2, 0) is 0 Å². The Labute approximate surface area is 127 Å². The lowest BCUT2D eigenvalue weighted by Crippen LogP contribution is -1.91. The summed E-state index contributed by atoms with van der Waals surface area (Å²) < 4.78 is 15.8. The van der Waals surface area contributed by atoms with Gasteiger partial charge in [-0.15, -0.1) is 0 Å². The molecule has 0 aliphatic heterocycles. The van der Waals surface area contributed by atoms with Crippen LogP contribution in [0.15, 0.2) is 47.0 Å². The number of anilines is 1. The molecule has 0 amide bonds. The standard InChI is InChI=1S/C16H15N3O3/c1-20-13-8-5-11(9-14(13)21-2)16-18-15(19-22-16)10-3-6-12(17)7-4-10/h3-9H,17H2,1-2H3. The van der Waals surface area contributed by atoms with Crippen LogP contribution in [0.2, 0.25) is 0 Å². The minimum atomic E-state index is 0.410. The molecule has 3 aromatic rings. The maximum Gasteiger partial charge on any atom is 0.258 e. The van der Waals surface area contributed by atoms with Crippen molar-refractivity contribution in [3.8, 4) is 34.3 Å². The van der Waals surface area contributed by atoms with Gasteiger partial charge in [0.15, 0.2) is 11.5 Å². The second kappa shape index (κ2) is 5.77. The van der Waals surface area contributed by atoms with Crippen LogP contribution >= 0.6 is 0 Å². The van der Waals surface area contributed by atoms with Gasteiger partial charge in [-0.05, 0) is 42.5 Å². The van der Waals surface area contributed by atoms with Gasteiger partial charge in [0.05, 0.1) is 14.2 Å². The Kier molecular flexibility index (Phi) is 3.65. The van der Waals surface area contributed by atoms with Gasteiger partial charge in [-0.3, -0.25) is 0 Å². The fourth-order valence-corrected chi connectivity index (χ4v) is 2.06. The molecule has 0 bridgehead atoms. The summed E-state index contributed by atoms with van der Waals surface area (Å²) in [5, 5.41) is 3.99. The Morgan fingerprint density at radius 2 is 1.59 bits per heavy atom. The molecule has 112 valence electrons. The fraction of sp³-hybridized carbons (Fsp3) is 0.125. The van der Waals surface area contributed by atoms with Gasteiger partial charge in [0, 0.05) is 16.8 Å². The lowest BCUT2D eigenvalue weighted by atomic mass is 10.2. The average molecular weight is 297 g/mol. The van der Waals surface area contributed by atoms with Gasteiger partial charge in [-0.1, -0.05) is 5.16 Å². The van der Waals surface area contributed by atoms with E-state index in [2.05, 4.69) is 10.1 Å². The number of ether oxygens (including phenoxy) is 2. The predicted octanol–water partition coefficient (Wildman–Crippen LogP) is 3.00. The first-order chi connectivity index (χ1) is 10.7. The smallest absolute Gasteiger partial charge is 0.258 e. The molecular weight excluding hydrogens is 282 g/mol. The Morgan fingerprint density at radius 1 is 0.909 bits per heavy atom. The number of methoxy groups -OCH3 is 2. The Morgan fingerprint density at radius 3 is 2.27 bits per heavy atom. The second-order valence-corrected chi connectivity index (χ2v) is 4.61. The van der Waals surface area contributed by atoms with Crippen molar-refractivity contribution >= 4 is 5.69 Å². The van der Waals surface area contributed by atoms with E-state index in [1.807, 2.05) is 18.2 Å². The van der Waals surface area contributed by atoms with Crippen LogP contribution in [0.1, 0.15) is 0 Å². The first-order valence-corrected chi connectivity index (χ1v) is 6.63. The fourth-order valence-electron chi connectivity index (χ4n) is 2.06. The topological polar surface area (TPSA) is 83.4 Å². The van der Waals surface area contributed by atoms with E-state index in [9.17, 15) is 0 Å². The highest BCUT2D eigenvalue weighted by Gasteiger charge is 2.13. The SMILES string of the molecule is COc1ccc(-c2nc(-c3ccc(N)cc3)no2)cc1OC. The summed E-state index contributed by atoms with van der Waals surface area (Å²) in [4.78, 5) is 4.40. The van der Waals surface area contributed by atoms with Crippen molar-refractivity contribution in [2.75, 3.05) is 20.0 Å². The van der Waals surface area contributed by atoms with E-state index in [1.165, 1.54) is 0 Å². The molecule has 22 heavy (non-hydrogen) atoms. The molecule has 0 unspecified atom stereocenters. The third-order valence-electron chi connectivity index (χ3n) is 3.23. The molecule has 0 spiro atoms. The van der Waals surface area contributed by atoms with E-state index in [-0.39, 0.29) is 0 Å². The number of aromatic nitrogens is 2. The first kappa shape index (κ1) is 13.9. The van der Waals surface area contributed by atoms with Gasteiger partial charge in [0.2, 0.25) is 5.82 Å². The lowest BCUT2D eigenvalue weighted by molar-refractivity contribution is 0.355.